The van der Waals surface area contributed by atoms with Gasteiger partial charge in [-0.05, 0) is 42.3 Å². The maximum atomic E-state index is 12.5. The van der Waals surface area contributed by atoms with E-state index in [4.69, 9.17) is 11.6 Å². The molecule has 4 nitrogen and oxygen atoms in total. The van der Waals surface area contributed by atoms with E-state index < -0.39 is 0 Å². The van der Waals surface area contributed by atoms with Crippen LogP contribution in [0.1, 0.15) is 12.5 Å². The summed E-state index contributed by atoms with van der Waals surface area (Å²) in [5, 5.41) is 3.79. The van der Waals surface area contributed by atoms with Crippen molar-refractivity contribution < 1.29 is 4.79 Å². The van der Waals surface area contributed by atoms with Crippen molar-refractivity contribution in [1.82, 2.24) is 4.90 Å². The SMILES string of the molecule is CCc1ccccc1NC(=O)N1CCN(c2ccc(Cl)cc2)CC1. The van der Waals surface area contributed by atoms with Crippen LogP contribution in [0.3, 0.4) is 0 Å². The van der Waals surface area contributed by atoms with Gasteiger partial charge in [0.15, 0.2) is 0 Å². The van der Waals surface area contributed by atoms with Gasteiger partial charge in [0.1, 0.15) is 0 Å². The van der Waals surface area contributed by atoms with Crippen molar-refractivity contribution in [3.63, 3.8) is 0 Å². The highest BCUT2D eigenvalue weighted by molar-refractivity contribution is 6.30. The number of nitrogens with zero attached hydrogens (tertiary/aromatic N) is 2. The molecule has 2 aromatic rings. The zero-order valence-corrected chi connectivity index (χ0v) is 14.6. The van der Waals surface area contributed by atoms with Crippen LogP contribution in [0.15, 0.2) is 48.5 Å². The summed E-state index contributed by atoms with van der Waals surface area (Å²) in [6.07, 6.45) is 0.904. The van der Waals surface area contributed by atoms with Gasteiger partial charge < -0.3 is 15.1 Å². The van der Waals surface area contributed by atoms with E-state index in [0.717, 1.165) is 41.5 Å². The first-order chi connectivity index (χ1) is 11.7. The third kappa shape index (κ3) is 3.82. The van der Waals surface area contributed by atoms with E-state index in [2.05, 4.69) is 17.1 Å². The maximum Gasteiger partial charge on any atom is 0.321 e. The lowest BCUT2D eigenvalue weighted by molar-refractivity contribution is 0.208. The number of para-hydroxylation sites is 1. The van der Waals surface area contributed by atoms with Crippen molar-refractivity contribution in [3.05, 3.63) is 59.1 Å². The number of hydrogen-bond acceptors (Lipinski definition) is 2. The molecule has 0 radical (unpaired) electrons. The number of hydrogen-bond donors (Lipinski definition) is 1. The lowest BCUT2D eigenvalue weighted by Gasteiger charge is -2.36. The molecule has 1 saturated heterocycles. The minimum absolute atomic E-state index is 0.0216. The summed E-state index contributed by atoms with van der Waals surface area (Å²) < 4.78 is 0. The lowest BCUT2D eigenvalue weighted by Crippen LogP contribution is -2.50. The van der Waals surface area contributed by atoms with Gasteiger partial charge in [-0.1, -0.05) is 36.7 Å². The third-order valence-electron chi connectivity index (χ3n) is 4.40. The summed E-state index contributed by atoms with van der Waals surface area (Å²) >= 11 is 5.94. The minimum atomic E-state index is -0.0216. The summed E-state index contributed by atoms with van der Waals surface area (Å²) in [4.78, 5) is 16.7. The Hall–Kier alpha value is -2.20. The number of piperazine rings is 1. The maximum absolute atomic E-state index is 12.5. The molecule has 0 spiro atoms. The van der Waals surface area contributed by atoms with E-state index in [1.54, 1.807) is 0 Å². The molecule has 1 aliphatic rings. The highest BCUT2D eigenvalue weighted by atomic mass is 35.5. The Bertz CT molecular complexity index is 694. The summed E-state index contributed by atoms with van der Waals surface area (Å²) in [6, 6.07) is 15.8. The highest BCUT2D eigenvalue weighted by Gasteiger charge is 2.21. The number of aryl methyl sites for hydroxylation is 1. The largest absolute Gasteiger partial charge is 0.368 e. The van der Waals surface area contributed by atoms with Crippen LogP contribution in [0.25, 0.3) is 0 Å². The number of carbonyl (C=O) groups is 1. The normalized spacial score (nSPS) is 14.6. The van der Waals surface area contributed by atoms with Crippen LogP contribution in [-0.2, 0) is 6.42 Å². The van der Waals surface area contributed by atoms with Crippen LogP contribution < -0.4 is 10.2 Å². The fraction of sp³-hybridized carbons (Fsp3) is 0.316. The molecule has 0 bridgehead atoms. The Morgan fingerprint density at radius 2 is 1.71 bits per heavy atom. The van der Waals surface area contributed by atoms with E-state index in [9.17, 15) is 4.79 Å². The van der Waals surface area contributed by atoms with E-state index in [0.29, 0.717) is 13.1 Å². The van der Waals surface area contributed by atoms with Gasteiger partial charge in [0.25, 0.3) is 0 Å². The van der Waals surface area contributed by atoms with Crippen LogP contribution in [-0.4, -0.2) is 37.1 Å². The van der Waals surface area contributed by atoms with Gasteiger partial charge in [0.2, 0.25) is 0 Å². The van der Waals surface area contributed by atoms with Crippen molar-refractivity contribution in [1.29, 1.82) is 0 Å². The molecule has 0 unspecified atom stereocenters. The van der Waals surface area contributed by atoms with Crippen molar-refractivity contribution in [3.8, 4) is 0 Å². The molecule has 3 rings (SSSR count). The second kappa shape index (κ2) is 7.58. The summed E-state index contributed by atoms with van der Waals surface area (Å²) in [5.41, 5.74) is 3.21. The third-order valence-corrected chi connectivity index (χ3v) is 4.65. The number of nitrogens with one attached hydrogen (secondary N) is 1. The fourth-order valence-electron chi connectivity index (χ4n) is 2.96. The lowest BCUT2D eigenvalue weighted by atomic mass is 10.1. The monoisotopic (exact) mass is 343 g/mol. The van der Waals surface area contributed by atoms with E-state index in [-0.39, 0.29) is 6.03 Å². The van der Waals surface area contributed by atoms with E-state index >= 15 is 0 Å². The number of amides is 2. The van der Waals surface area contributed by atoms with Crippen LogP contribution >= 0.6 is 11.6 Å². The summed E-state index contributed by atoms with van der Waals surface area (Å²) in [6.45, 7) is 5.16. The number of urea groups is 1. The Labute approximate surface area is 148 Å². The molecule has 2 aromatic carbocycles. The average molecular weight is 344 g/mol. The number of benzene rings is 2. The number of rotatable bonds is 3. The first-order valence-corrected chi connectivity index (χ1v) is 8.69. The molecule has 1 fully saturated rings. The number of carbonyl (C=O) groups excluding carboxylic acids is 1. The molecule has 5 heteroatoms. The predicted molar refractivity (Wildman–Crippen MR) is 100 cm³/mol. The second-order valence-corrected chi connectivity index (χ2v) is 6.33. The van der Waals surface area contributed by atoms with Crippen LogP contribution in [0, 0.1) is 0 Å². The van der Waals surface area contributed by atoms with Gasteiger partial charge in [-0.15, -0.1) is 0 Å². The Balaban J connectivity index is 1.58. The molecule has 0 atom stereocenters. The Morgan fingerprint density at radius 3 is 2.38 bits per heavy atom. The van der Waals surface area contributed by atoms with Gasteiger partial charge in [-0.25, -0.2) is 4.79 Å². The van der Waals surface area contributed by atoms with Gasteiger partial charge in [-0.2, -0.15) is 0 Å². The Kier molecular flexibility index (Phi) is 5.26. The first-order valence-electron chi connectivity index (χ1n) is 8.31. The highest BCUT2D eigenvalue weighted by Crippen LogP contribution is 2.20. The predicted octanol–water partition coefficient (Wildman–Crippen LogP) is 4.26. The Morgan fingerprint density at radius 1 is 1.04 bits per heavy atom. The van der Waals surface area contributed by atoms with Crippen LogP contribution in [0.4, 0.5) is 16.2 Å². The van der Waals surface area contributed by atoms with Gasteiger partial charge in [0, 0.05) is 42.6 Å². The molecule has 0 aromatic heterocycles. The van der Waals surface area contributed by atoms with Crippen LogP contribution in [0.5, 0.6) is 0 Å². The molecule has 1 aliphatic heterocycles. The topological polar surface area (TPSA) is 35.6 Å². The quantitative estimate of drug-likeness (QED) is 0.904. The van der Waals surface area contributed by atoms with Crippen molar-refractivity contribution in [2.24, 2.45) is 0 Å². The molecule has 126 valence electrons. The molecular formula is C19H22ClN3O. The zero-order valence-electron chi connectivity index (χ0n) is 13.8. The molecule has 1 heterocycles. The van der Waals surface area contributed by atoms with Crippen molar-refractivity contribution in [2.75, 3.05) is 36.4 Å². The van der Waals surface area contributed by atoms with Gasteiger partial charge in [-0.3, -0.25) is 0 Å². The van der Waals surface area contributed by atoms with E-state index in [1.807, 2.05) is 53.4 Å². The summed E-state index contributed by atoms with van der Waals surface area (Å²) in [5.74, 6) is 0. The second-order valence-electron chi connectivity index (χ2n) is 5.89. The minimum Gasteiger partial charge on any atom is -0.368 e. The molecule has 0 saturated carbocycles. The number of halogens is 1. The molecule has 24 heavy (non-hydrogen) atoms. The smallest absolute Gasteiger partial charge is 0.321 e. The molecule has 1 N–H and O–H groups in total. The van der Waals surface area contributed by atoms with Crippen molar-refractivity contribution in [2.45, 2.75) is 13.3 Å². The standard InChI is InChI=1S/C19H22ClN3O/c1-2-15-5-3-4-6-18(15)21-19(24)23-13-11-22(12-14-23)17-9-7-16(20)8-10-17/h3-10H,2,11-14H2,1H3,(H,21,24). The molecule has 2 amide bonds. The summed E-state index contributed by atoms with van der Waals surface area (Å²) in [7, 11) is 0. The molecular weight excluding hydrogens is 322 g/mol. The zero-order chi connectivity index (χ0) is 16.9. The fourth-order valence-corrected chi connectivity index (χ4v) is 3.09. The van der Waals surface area contributed by atoms with E-state index in [1.165, 1.54) is 0 Å². The van der Waals surface area contributed by atoms with Crippen LogP contribution in [0.2, 0.25) is 5.02 Å². The average Bonchev–Trinajstić information content (AvgIpc) is 2.63. The molecule has 0 aliphatic carbocycles. The van der Waals surface area contributed by atoms with Gasteiger partial charge >= 0.3 is 6.03 Å². The van der Waals surface area contributed by atoms with Crippen molar-refractivity contribution >= 4 is 29.0 Å². The van der Waals surface area contributed by atoms with Gasteiger partial charge in [0.05, 0.1) is 0 Å². The number of anilines is 2. The first kappa shape index (κ1) is 16.7.